The third-order valence-electron chi connectivity index (χ3n) is 6.28. The second-order valence-corrected chi connectivity index (χ2v) is 9.75. The van der Waals surface area contributed by atoms with Gasteiger partial charge in [0.1, 0.15) is 5.69 Å². The molecule has 0 unspecified atom stereocenters. The zero-order chi connectivity index (χ0) is 26.1. The second-order valence-electron chi connectivity index (χ2n) is 8.88. The summed E-state index contributed by atoms with van der Waals surface area (Å²) in [5, 5.41) is 11.6. The molecule has 38 heavy (non-hydrogen) atoms. The number of anilines is 2. The molecule has 1 fully saturated rings. The van der Waals surface area contributed by atoms with Gasteiger partial charge in [-0.05, 0) is 35.9 Å². The summed E-state index contributed by atoms with van der Waals surface area (Å²) in [6, 6.07) is 11.5. The number of imidazole rings is 1. The smallest absolute Gasteiger partial charge is 0.179 e. The first-order valence-corrected chi connectivity index (χ1v) is 12.8. The molecule has 0 amide bonds. The van der Waals surface area contributed by atoms with Crippen LogP contribution in [0.2, 0.25) is 10.0 Å². The van der Waals surface area contributed by atoms with E-state index in [-0.39, 0.29) is 0 Å². The Morgan fingerprint density at radius 2 is 1.87 bits per heavy atom. The topological polar surface area (TPSA) is 117 Å². The first-order chi connectivity index (χ1) is 18.6. The molecule has 0 atom stereocenters. The highest BCUT2D eigenvalue weighted by Gasteiger charge is 2.17. The molecule has 5 aromatic rings. The van der Waals surface area contributed by atoms with Crippen LogP contribution in [-0.4, -0.2) is 68.4 Å². The highest BCUT2D eigenvalue weighted by atomic mass is 35.5. The van der Waals surface area contributed by atoms with E-state index >= 15 is 0 Å². The van der Waals surface area contributed by atoms with Crippen molar-refractivity contribution in [2.45, 2.75) is 6.54 Å². The number of nitrogens with one attached hydrogen (secondary N) is 3. The first kappa shape index (κ1) is 24.6. The number of H-pyrrole nitrogens is 2. The minimum absolute atomic E-state index is 0.444. The zero-order valence-electron chi connectivity index (χ0n) is 20.5. The van der Waals surface area contributed by atoms with Crippen LogP contribution in [0.4, 0.5) is 11.5 Å². The van der Waals surface area contributed by atoms with Gasteiger partial charge >= 0.3 is 0 Å². The number of halogens is 2. The Hall–Kier alpha value is -3.70. The summed E-state index contributed by atoms with van der Waals surface area (Å²) in [7, 11) is 1.56. The van der Waals surface area contributed by atoms with E-state index in [0.717, 1.165) is 43.9 Å². The number of benzene rings is 2. The maximum Gasteiger partial charge on any atom is 0.179 e. The van der Waals surface area contributed by atoms with Gasteiger partial charge in [-0.1, -0.05) is 29.3 Å². The SMILES string of the molecule is COc1cnc(-c2cc(Cl)cc(Cl)c2)nc1Nc1cn[nH]c1-c1nc2ccc(CN3CCOCC3)cc2[nH]1. The van der Waals surface area contributed by atoms with E-state index in [1.807, 2.05) is 6.07 Å². The van der Waals surface area contributed by atoms with Gasteiger partial charge < -0.3 is 19.8 Å². The van der Waals surface area contributed by atoms with Gasteiger partial charge in [0.15, 0.2) is 23.2 Å². The number of hydrogen-bond donors (Lipinski definition) is 3. The van der Waals surface area contributed by atoms with Crippen LogP contribution in [0.15, 0.2) is 48.8 Å². The van der Waals surface area contributed by atoms with Crippen molar-refractivity contribution in [3.8, 4) is 28.7 Å². The van der Waals surface area contributed by atoms with Gasteiger partial charge in [0.2, 0.25) is 0 Å². The maximum absolute atomic E-state index is 6.18. The van der Waals surface area contributed by atoms with Crippen molar-refractivity contribution in [1.29, 1.82) is 0 Å². The van der Waals surface area contributed by atoms with Crippen LogP contribution < -0.4 is 10.1 Å². The molecular formula is C26H24Cl2N8O2. The fourth-order valence-electron chi connectivity index (χ4n) is 4.41. The van der Waals surface area contributed by atoms with Gasteiger partial charge in [0.05, 0.1) is 49.4 Å². The molecule has 0 saturated carbocycles. The maximum atomic E-state index is 6.18. The molecule has 0 bridgehead atoms. The molecule has 1 aliphatic rings. The van der Waals surface area contributed by atoms with Crippen molar-refractivity contribution in [3.05, 3.63) is 64.4 Å². The number of aromatic amines is 2. The third-order valence-corrected chi connectivity index (χ3v) is 6.72. The lowest BCUT2D eigenvalue weighted by Crippen LogP contribution is -2.35. The van der Waals surface area contributed by atoms with Crippen molar-refractivity contribution in [3.63, 3.8) is 0 Å². The Morgan fingerprint density at radius 3 is 2.66 bits per heavy atom. The van der Waals surface area contributed by atoms with E-state index < -0.39 is 0 Å². The number of rotatable bonds is 7. The summed E-state index contributed by atoms with van der Waals surface area (Å²) >= 11 is 12.4. The summed E-state index contributed by atoms with van der Waals surface area (Å²) in [4.78, 5) is 19.7. The minimum Gasteiger partial charge on any atom is -0.491 e. The highest BCUT2D eigenvalue weighted by Crippen LogP contribution is 2.33. The van der Waals surface area contributed by atoms with Gasteiger partial charge in [0.25, 0.3) is 0 Å². The van der Waals surface area contributed by atoms with E-state index in [0.29, 0.717) is 50.2 Å². The number of hydrogen-bond acceptors (Lipinski definition) is 8. The lowest BCUT2D eigenvalue weighted by molar-refractivity contribution is 0.0342. The van der Waals surface area contributed by atoms with Crippen molar-refractivity contribution >= 4 is 45.7 Å². The van der Waals surface area contributed by atoms with Gasteiger partial charge in [-0.25, -0.2) is 15.0 Å². The molecule has 4 heterocycles. The first-order valence-electron chi connectivity index (χ1n) is 12.0. The van der Waals surface area contributed by atoms with Crippen LogP contribution in [0.1, 0.15) is 5.56 Å². The van der Waals surface area contributed by atoms with Crippen LogP contribution in [0.3, 0.4) is 0 Å². The molecule has 0 spiro atoms. The summed E-state index contributed by atoms with van der Waals surface area (Å²) in [6.45, 7) is 4.30. The van der Waals surface area contributed by atoms with E-state index in [1.165, 1.54) is 5.56 Å². The summed E-state index contributed by atoms with van der Waals surface area (Å²) in [6.07, 6.45) is 3.26. The van der Waals surface area contributed by atoms with Crippen LogP contribution in [0.25, 0.3) is 33.9 Å². The van der Waals surface area contributed by atoms with E-state index in [9.17, 15) is 0 Å². The number of ether oxygens (including phenoxy) is 2. The number of morpholine rings is 1. The van der Waals surface area contributed by atoms with Gasteiger partial charge in [0, 0.05) is 35.2 Å². The molecule has 6 rings (SSSR count). The zero-order valence-corrected chi connectivity index (χ0v) is 22.0. The molecule has 0 aliphatic carbocycles. The molecule has 2 aromatic carbocycles. The Kier molecular flexibility index (Phi) is 6.86. The summed E-state index contributed by atoms with van der Waals surface area (Å²) < 4.78 is 11.0. The average Bonchev–Trinajstić information content (AvgIpc) is 3.55. The number of nitrogens with zero attached hydrogens (tertiary/aromatic N) is 5. The fourth-order valence-corrected chi connectivity index (χ4v) is 4.94. The van der Waals surface area contributed by atoms with Crippen LogP contribution >= 0.6 is 23.2 Å². The summed E-state index contributed by atoms with van der Waals surface area (Å²) in [5.41, 5.74) is 5.08. The molecule has 194 valence electrons. The van der Waals surface area contributed by atoms with Crippen molar-refractivity contribution in [2.24, 2.45) is 0 Å². The monoisotopic (exact) mass is 550 g/mol. The number of fused-ring (bicyclic) bond motifs is 1. The highest BCUT2D eigenvalue weighted by molar-refractivity contribution is 6.35. The Labute approximate surface area is 228 Å². The van der Waals surface area contributed by atoms with Gasteiger partial charge in [-0.3, -0.25) is 10.00 Å². The van der Waals surface area contributed by atoms with Crippen LogP contribution in [-0.2, 0) is 11.3 Å². The predicted molar refractivity (Wildman–Crippen MR) is 147 cm³/mol. The molecule has 3 aromatic heterocycles. The predicted octanol–water partition coefficient (Wildman–Crippen LogP) is 5.30. The number of methoxy groups -OCH3 is 1. The van der Waals surface area contributed by atoms with Crippen LogP contribution in [0.5, 0.6) is 5.75 Å². The van der Waals surface area contributed by atoms with Gasteiger partial charge in [-0.2, -0.15) is 5.10 Å². The van der Waals surface area contributed by atoms with Crippen molar-refractivity contribution < 1.29 is 9.47 Å². The number of aromatic nitrogens is 6. The Balaban J connectivity index is 1.29. The largest absolute Gasteiger partial charge is 0.491 e. The third kappa shape index (κ3) is 5.16. The molecule has 10 nitrogen and oxygen atoms in total. The standard InChI is InChI=1S/C26H24Cl2N8O2/c1-37-22-13-29-24(16-9-17(27)11-18(28)10-16)34-25(22)33-21-12-30-35-23(21)26-31-19-3-2-15(8-20(19)32-26)14-36-4-6-38-7-5-36/h2-3,8-13H,4-7,14H2,1H3,(H,30,35)(H,31,32)(H,29,33,34). The Bertz CT molecular complexity index is 1580. The lowest BCUT2D eigenvalue weighted by atomic mass is 10.2. The molecule has 12 heteroatoms. The van der Waals surface area contributed by atoms with E-state index in [1.54, 1.807) is 37.7 Å². The molecule has 0 radical (unpaired) electrons. The molecular weight excluding hydrogens is 527 g/mol. The second kappa shape index (κ2) is 10.6. The molecule has 1 aliphatic heterocycles. The fraction of sp³-hybridized carbons (Fsp3) is 0.231. The normalized spacial score (nSPS) is 14.2. The molecule has 1 saturated heterocycles. The van der Waals surface area contributed by atoms with E-state index in [4.69, 9.17) is 37.7 Å². The quantitative estimate of drug-likeness (QED) is 0.250. The van der Waals surface area contributed by atoms with Crippen molar-refractivity contribution in [2.75, 3.05) is 38.7 Å². The lowest BCUT2D eigenvalue weighted by Gasteiger charge is -2.26. The van der Waals surface area contributed by atoms with Gasteiger partial charge in [-0.15, -0.1) is 0 Å². The van der Waals surface area contributed by atoms with E-state index in [2.05, 4.69) is 47.5 Å². The van der Waals surface area contributed by atoms with Crippen molar-refractivity contribution in [1.82, 2.24) is 35.0 Å². The van der Waals surface area contributed by atoms with Crippen LogP contribution in [0, 0.1) is 0 Å². The molecule has 3 N–H and O–H groups in total. The average molecular weight is 551 g/mol. The minimum atomic E-state index is 0.444. The Morgan fingerprint density at radius 1 is 1.05 bits per heavy atom. The summed E-state index contributed by atoms with van der Waals surface area (Å²) in [5.74, 6) is 2.02.